The van der Waals surface area contributed by atoms with Crippen LogP contribution in [0.2, 0.25) is 0 Å². The number of amides is 1. The first-order valence-electron chi connectivity index (χ1n) is 7.13. The lowest BCUT2D eigenvalue weighted by atomic mass is 9.75. The highest BCUT2D eigenvalue weighted by molar-refractivity contribution is 5.83. The van der Waals surface area contributed by atoms with Crippen LogP contribution in [0.4, 0.5) is 0 Å². The van der Waals surface area contributed by atoms with Gasteiger partial charge < -0.3 is 15.7 Å². The summed E-state index contributed by atoms with van der Waals surface area (Å²) in [5.41, 5.74) is -0.332. The van der Waals surface area contributed by atoms with Crippen molar-refractivity contribution in [3.05, 3.63) is 0 Å². The highest BCUT2D eigenvalue weighted by Crippen LogP contribution is 2.34. The third-order valence-corrected chi connectivity index (χ3v) is 4.34. The maximum atomic E-state index is 12.4. The molecule has 1 rings (SSSR count). The summed E-state index contributed by atoms with van der Waals surface area (Å²) in [6, 6.07) is 0. The molecule has 1 fully saturated rings. The molecule has 0 aromatic heterocycles. The van der Waals surface area contributed by atoms with Crippen LogP contribution in [0.25, 0.3) is 0 Å². The Balaban J connectivity index is 2.55. The smallest absolute Gasteiger partial charge is 0.303 e. The zero-order chi connectivity index (χ0) is 14.5. The zero-order valence-electron chi connectivity index (χ0n) is 12.2. The molecule has 0 aromatic carbocycles. The molecule has 0 aromatic rings. The highest BCUT2D eigenvalue weighted by atomic mass is 16.4. The number of carboxylic acid groups (broad SMARTS) is 1. The van der Waals surface area contributed by atoms with Crippen molar-refractivity contribution in [2.75, 3.05) is 19.6 Å². The van der Waals surface area contributed by atoms with Gasteiger partial charge in [0.05, 0.1) is 5.41 Å². The molecule has 0 spiro atoms. The van der Waals surface area contributed by atoms with Crippen LogP contribution in [0, 0.1) is 17.3 Å². The second kappa shape index (κ2) is 6.89. The highest BCUT2D eigenvalue weighted by Gasteiger charge is 2.43. The molecule has 1 saturated heterocycles. The van der Waals surface area contributed by atoms with Crippen molar-refractivity contribution in [1.82, 2.24) is 10.6 Å². The standard InChI is InChI=1S/C14H26N2O3/c1-4-11(7-12(17)18)8-16-13(19)14(10(2)3)5-6-15-9-14/h10-11,15H,4-9H2,1-3H3,(H,16,19)(H,17,18). The summed E-state index contributed by atoms with van der Waals surface area (Å²) >= 11 is 0. The molecule has 110 valence electrons. The molecule has 5 heteroatoms. The number of rotatable bonds is 7. The van der Waals surface area contributed by atoms with E-state index < -0.39 is 5.97 Å². The summed E-state index contributed by atoms with van der Waals surface area (Å²) < 4.78 is 0. The average Bonchev–Trinajstić information content (AvgIpc) is 2.84. The van der Waals surface area contributed by atoms with E-state index in [0.717, 1.165) is 19.4 Å². The van der Waals surface area contributed by atoms with E-state index in [2.05, 4.69) is 24.5 Å². The van der Waals surface area contributed by atoms with Gasteiger partial charge >= 0.3 is 5.97 Å². The van der Waals surface area contributed by atoms with E-state index in [4.69, 9.17) is 5.11 Å². The fraction of sp³-hybridized carbons (Fsp3) is 0.857. The SMILES string of the molecule is CCC(CNC(=O)C1(C(C)C)CCNC1)CC(=O)O. The Labute approximate surface area is 115 Å². The number of carbonyl (C=O) groups excluding carboxylic acids is 1. The minimum absolute atomic E-state index is 0.0139. The van der Waals surface area contributed by atoms with Crippen LogP contribution in [0.15, 0.2) is 0 Å². The van der Waals surface area contributed by atoms with Gasteiger partial charge in [0.15, 0.2) is 0 Å². The quantitative estimate of drug-likeness (QED) is 0.650. The Bertz CT molecular complexity index is 323. The first-order chi connectivity index (χ1) is 8.92. The maximum Gasteiger partial charge on any atom is 0.303 e. The normalized spacial score (nSPS) is 24.4. The van der Waals surface area contributed by atoms with Gasteiger partial charge in [-0.25, -0.2) is 0 Å². The van der Waals surface area contributed by atoms with Crippen molar-refractivity contribution in [1.29, 1.82) is 0 Å². The molecule has 2 unspecified atom stereocenters. The summed E-state index contributed by atoms with van der Waals surface area (Å²) in [5, 5.41) is 15.0. The van der Waals surface area contributed by atoms with Crippen LogP contribution in [0.5, 0.6) is 0 Å². The van der Waals surface area contributed by atoms with Crippen molar-refractivity contribution >= 4 is 11.9 Å². The van der Waals surface area contributed by atoms with Crippen LogP contribution < -0.4 is 10.6 Å². The van der Waals surface area contributed by atoms with E-state index in [-0.39, 0.29) is 29.6 Å². The molecule has 1 amide bonds. The van der Waals surface area contributed by atoms with Crippen molar-refractivity contribution in [2.24, 2.45) is 17.3 Å². The summed E-state index contributed by atoms with van der Waals surface area (Å²) in [4.78, 5) is 23.1. The number of aliphatic carboxylic acids is 1. The fourth-order valence-electron chi connectivity index (χ4n) is 2.68. The summed E-state index contributed by atoms with van der Waals surface area (Å²) in [5.74, 6) is -0.444. The topological polar surface area (TPSA) is 78.4 Å². The molecule has 0 radical (unpaired) electrons. The molecule has 0 aliphatic carbocycles. The van der Waals surface area contributed by atoms with Crippen LogP contribution in [0.3, 0.4) is 0 Å². The first-order valence-corrected chi connectivity index (χ1v) is 7.13. The molecule has 19 heavy (non-hydrogen) atoms. The molecule has 0 bridgehead atoms. The maximum absolute atomic E-state index is 12.4. The summed E-state index contributed by atoms with van der Waals surface area (Å²) in [7, 11) is 0. The number of carboxylic acids is 1. The Kier molecular flexibility index (Phi) is 5.79. The van der Waals surface area contributed by atoms with E-state index in [1.807, 2.05) is 6.92 Å². The Morgan fingerprint density at radius 1 is 1.42 bits per heavy atom. The van der Waals surface area contributed by atoms with Gasteiger partial charge in [-0.05, 0) is 24.8 Å². The van der Waals surface area contributed by atoms with E-state index in [1.54, 1.807) is 0 Å². The van der Waals surface area contributed by atoms with Crippen LogP contribution in [-0.4, -0.2) is 36.6 Å². The second-order valence-electron chi connectivity index (χ2n) is 5.82. The van der Waals surface area contributed by atoms with Crippen LogP contribution in [-0.2, 0) is 9.59 Å². The minimum Gasteiger partial charge on any atom is -0.481 e. The Hall–Kier alpha value is -1.10. The van der Waals surface area contributed by atoms with Gasteiger partial charge in [-0.1, -0.05) is 27.2 Å². The largest absolute Gasteiger partial charge is 0.481 e. The molecule has 0 saturated carbocycles. The van der Waals surface area contributed by atoms with E-state index >= 15 is 0 Å². The van der Waals surface area contributed by atoms with E-state index in [0.29, 0.717) is 13.1 Å². The number of hydrogen-bond acceptors (Lipinski definition) is 3. The number of nitrogens with one attached hydrogen (secondary N) is 2. The van der Waals surface area contributed by atoms with Crippen molar-refractivity contribution in [3.8, 4) is 0 Å². The Morgan fingerprint density at radius 2 is 2.11 bits per heavy atom. The number of carbonyl (C=O) groups is 2. The van der Waals surface area contributed by atoms with Gasteiger partial charge in [-0.15, -0.1) is 0 Å². The Morgan fingerprint density at radius 3 is 2.53 bits per heavy atom. The molecule has 3 N–H and O–H groups in total. The van der Waals surface area contributed by atoms with Gasteiger partial charge in [-0.3, -0.25) is 9.59 Å². The average molecular weight is 270 g/mol. The third-order valence-electron chi connectivity index (χ3n) is 4.34. The van der Waals surface area contributed by atoms with Crippen molar-refractivity contribution < 1.29 is 14.7 Å². The lowest BCUT2D eigenvalue weighted by Gasteiger charge is -2.31. The van der Waals surface area contributed by atoms with Gasteiger partial charge in [0.2, 0.25) is 5.91 Å². The molecular weight excluding hydrogens is 244 g/mol. The summed E-state index contributed by atoms with van der Waals surface area (Å²) in [6.07, 6.45) is 1.73. The lowest BCUT2D eigenvalue weighted by molar-refractivity contribution is -0.139. The predicted octanol–water partition coefficient (Wildman–Crippen LogP) is 1.24. The van der Waals surface area contributed by atoms with Crippen LogP contribution in [0.1, 0.15) is 40.0 Å². The monoisotopic (exact) mass is 270 g/mol. The zero-order valence-corrected chi connectivity index (χ0v) is 12.2. The van der Waals surface area contributed by atoms with Crippen LogP contribution >= 0.6 is 0 Å². The summed E-state index contributed by atoms with van der Waals surface area (Å²) in [6.45, 7) is 8.14. The molecular formula is C14H26N2O3. The van der Waals surface area contributed by atoms with Gasteiger partial charge in [0, 0.05) is 19.5 Å². The van der Waals surface area contributed by atoms with E-state index in [9.17, 15) is 9.59 Å². The first kappa shape index (κ1) is 16.0. The molecule has 1 aliphatic heterocycles. The molecule has 5 nitrogen and oxygen atoms in total. The third kappa shape index (κ3) is 3.93. The van der Waals surface area contributed by atoms with Crippen molar-refractivity contribution in [2.45, 2.75) is 40.0 Å². The van der Waals surface area contributed by atoms with Gasteiger partial charge in [-0.2, -0.15) is 0 Å². The van der Waals surface area contributed by atoms with Crippen molar-refractivity contribution in [3.63, 3.8) is 0 Å². The fourth-order valence-corrected chi connectivity index (χ4v) is 2.68. The van der Waals surface area contributed by atoms with Gasteiger partial charge in [0.1, 0.15) is 0 Å². The lowest BCUT2D eigenvalue weighted by Crippen LogP contribution is -2.47. The molecule has 1 heterocycles. The minimum atomic E-state index is -0.804. The number of hydrogen-bond donors (Lipinski definition) is 3. The predicted molar refractivity (Wildman–Crippen MR) is 73.8 cm³/mol. The molecule has 1 aliphatic rings. The van der Waals surface area contributed by atoms with E-state index in [1.165, 1.54) is 0 Å². The van der Waals surface area contributed by atoms with Gasteiger partial charge in [0.25, 0.3) is 0 Å². The second-order valence-corrected chi connectivity index (χ2v) is 5.82. The molecule has 2 atom stereocenters.